The molecule has 9 heteroatoms. The second kappa shape index (κ2) is 11.8. The number of carbonyl (C=O) groups excluding carboxylic acids is 3. The van der Waals surface area contributed by atoms with Crippen LogP contribution in [-0.4, -0.2) is 71.9 Å². The SMILES string of the molecule is CN1CCOc2ccccc2C(=O)NCCCCC2(CCN(C(=O)c3oc4ccccc4c3-n3cccc3)CC2)C1=O. The van der Waals surface area contributed by atoms with Crippen LogP contribution in [-0.2, 0) is 4.79 Å². The van der Waals surface area contributed by atoms with Gasteiger partial charge in [0.05, 0.1) is 17.5 Å². The molecule has 0 saturated carbocycles. The molecule has 4 aromatic rings. The number of benzene rings is 2. The molecule has 2 aromatic carbocycles. The molecular weight excluding hydrogens is 532 g/mol. The van der Waals surface area contributed by atoms with Crippen LogP contribution >= 0.6 is 0 Å². The molecule has 3 amide bonds. The van der Waals surface area contributed by atoms with Crippen LogP contribution in [0.4, 0.5) is 0 Å². The standard InChI is InChI=1S/C33H36N4O5/c1-35-22-23-41-26-12-4-3-11-25(26)30(38)34-17-7-6-14-33(32(35)40)15-20-37(21-16-33)31(39)29-28(36-18-8-9-19-36)24-10-2-5-13-27(24)42-29/h2-5,8-13,18-19H,6-7,14-17,20-23H2,1H3,(H,34,38). The van der Waals surface area contributed by atoms with E-state index in [4.69, 9.17) is 9.15 Å². The Bertz CT molecular complexity index is 1580. The highest BCUT2D eigenvalue weighted by atomic mass is 16.5. The molecule has 0 aliphatic carbocycles. The molecule has 0 bridgehead atoms. The molecule has 0 unspecified atom stereocenters. The average molecular weight is 569 g/mol. The number of likely N-dealkylation sites (N-methyl/N-ethyl adjacent to an activating group) is 1. The Labute approximate surface area is 245 Å². The fourth-order valence-electron chi connectivity index (χ4n) is 6.23. The van der Waals surface area contributed by atoms with Crippen LogP contribution in [0.2, 0.25) is 0 Å². The minimum atomic E-state index is -0.575. The fourth-order valence-corrected chi connectivity index (χ4v) is 6.23. The molecule has 1 fully saturated rings. The maximum absolute atomic E-state index is 13.9. The molecular formula is C33H36N4O5. The van der Waals surface area contributed by atoms with Gasteiger partial charge >= 0.3 is 0 Å². The number of para-hydroxylation sites is 2. The summed E-state index contributed by atoms with van der Waals surface area (Å²) in [5.41, 5.74) is 1.33. The van der Waals surface area contributed by atoms with Gasteiger partial charge in [0.15, 0.2) is 0 Å². The summed E-state index contributed by atoms with van der Waals surface area (Å²) in [5.74, 6) is 0.592. The van der Waals surface area contributed by atoms with E-state index in [-0.39, 0.29) is 24.3 Å². The fraction of sp³-hybridized carbons (Fsp3) is 0.364. The molecule has 1 saturated heterocycles. The predicted octanol–water partition coefficient (Wildman–Crippen LogP) is 4.90. The van der Waals surface area contributed by atoms with Gasteiger partial charge in [0.25, 0.3) is 11.8 Å². The monoisotopic (exact) mass is 568 g/mol. The van der Waals surface area contributed by atoms with Crippen LogP contribution in [0.25, 0.3) is 16.7 Å². The number of rotatable bonds is 2. The highest BCUT2D eigenvalue weighted by Crippen LogP contribution is 2.40. The number of hydrogen-bond acceptors (Lipinski definition) is 5. The number of amides is 3. The van der Waals surface area contributed by atoms with Crippen molar-refractivity contribution in [1.82, 2.24) is 19.7 Å². The number of likely N-dealkylation sites (tertiary alicyclic amines) is 1. The number of nitrogens with one attached hydrogen (secondary N) is 1. The highest BCUT2D eigenvalue weighted by Gasteiger charge is 2.44. The van der Waals surface area contributed by atoms with Crippen LogP contribution in [0.3, 0.4) is 0 Å². The summed E-state index contributed by atoms with van der Waals surface area (Å²) in [6.45, 7) is 2.12. The molecule has 6 rings (SSSR count). The van der Waals surface area contributed by atoms with Crippen LogP contribution in [0, 0.1) is 5.41 Å². The minimum absolute atomic E-state index is 0.0874. The first-order valence-corrected chi connectivity index (χ1v) is 14.7. The molecule has 1 spiro atoms. The average Bonchev–Trinajstić information content (AvgIpc) is 3.68. The summed E-state index contributed by atoms with van der Waals surface area (Å²) in [7, 11) is 1.81. The Balaban J connectivity index is 1.20. The van der Waals surface area contributed by atoms with Crippen molar-refractivity contribution in [3.8, 4) is 11.4 Å². The Morgan fingerprint density at radius 3 is 2.43 bits per heavy atom. The third kappa shape index (κ3) is 5.26. The van der Waals surface area contributed by atoms with Crippen molar-refractivity contribution in [2.75, 3.05) is 39.8 Å². The Hall–Kier alpha value is -4.53. The van der Waals surface area contributed by atoms with Crippen molar-refractivity contribution >= 4 is 28.7 Å². The number of carbonyl (C=O) groups is 3. The normalized spacial score (nSPS) is 18.3. The van der Waals surface area contributed by atoms with Crippen LogP contribution < -0.4 is 10.1 Å². The summed E-state index contributed by atoms with van der Waals surface area (Å²) in [5, 5.41) is 3.87. The van der Waals surface area contributed by atoms with E-state index in [1.807, 2.05) is 77.4 Å². The molecule has 9 nitrogen and oxygen atoms in total. The van der Waals surface area contributed by atoms with Crippen LogP contribution in [0.15, 0.2) is 77.5 Å². The van der Waals surface area contributed by atoms with Crippen LogP contribution in [0.1, 0.15) is 53.0 Å². The zero-order valence-electron chi connectivity index (χ0n) is 23.9. The van der Waals surface area contributed by atoms with Gasteiger partial charge in [-0.1, -0.05) is 30.7 Å². The van der Waals surface area contributed by atoms with E-state index in [1.54, 1.807) is 17.0 Å². The second-order valence-electron chi connectivity index (χ2n) is 11.2. The molecule has 42 heavy (non-hydrogen) atoms. The van der Waals surface area contributed by atoms with Gasteiger partial charge in [0.1, 0.15) is 23.6 Å². The van der Waals surface area contributed by atoms with E-state index < -0.39 is 5.41 Å². The third-order valence-electron chi connectivity index (χ3n) is 8.62. The van der Waals surface area contributed by atoms with E-state index >= 15 is 0 Å². The van der Waals surface area contributed by atoms with Crippen LogP contribution in [0.5, 0.6) is 5.75 Å². The Kier molecular flexibility index (Phi) is 7.73. The van der Waals surface area contributed by atoms with Crippen molar-refractivity contribution in [2.45, 2.75) is 32.1 Å². The first kappa shape index (κ1) is 27.6. The summed E-state index contributed by atoms with van der Waals surface area (Å²) >= 11 is 0. The highest BCUT2D eigenvalue weighted by molar-refractivity contribution is 6.03. The molecule has 218 valence electrons. The van der Waals surface area contributed by atoms with Gasteiger partial charge in [-0.25, -0.2) is 0 Å². The predicted molar refractivity (Wildman–Crippen MR) is 159 cm³/mol. The Morgan fingerprint density at radius 2 is 1.62 bits per heavy atom. The first-order valence-electron chi connectivity index (χ1n) is 14.7. The lowest BCUT2D eigenvalue weighted by Crippen LogP contribution is -2.51. The van der Waals surface area contributed by atoms with Gasteiger partial charge in [0, 0.05) is 44.5 Å². The maximum atomic E-state index is 13.9. The molecule has 2 aromatic heterocycles. The quantitative estimate of drug-likeness (QED) is 0.371. The van der Waals surface area contributed by atoms with Crippen molar-refractivity contribution in [2.24, 2.45) is 5.41 Å². The number of ether oxygens (including phenoxy) is 1. The van der Waals surface area contributed by atoms with Gasteiger partial charge in [-0.15, -0.1) is 0 Å². The van der Waals surface area contributed by atoms with Gasteiger partial charge in [-0.05, 0) is 62.1 Å². The maximum Gasteiger partial charge on any atom is 0.291 e. The molecule has 4 heterocycles. The molecule has 0 radical (unpaired) electrons. The van der Waals surface area contributed by atoms with E-state index in [0.29, 0.717) is 68.1 Å². The molecule has 2 aliphatic rings. The van der Waals surface area contributed by atoms with E-state index in [2.05, 4.69) is 5.32 Å². The van der Waals surface area contributed by atoms with Gasteiger partial charge in [-0.3, -0.25) is 14.4 Å². The van der Waals surface area contributed by atoms with Gasteiger partial charge in [-0.2, -0.15) is 0 Å². The van der Waals surface area contributed by atoms with E-state index in [0.717, 1.165) is 23.9 Å². The largest absolute Gasteiger partial charge is 0.491 e. The van der Waals surface area contributed by atoms with Gasteiger partial charge in [0.2, 0.25) is 11.7 Å². The van der Waals surface area contributed by atoms with E-state index in [9.17, 15) is 14.4 Å². The number of hydrogen-bond donors (Lipinski definition) is 1. The topological polar surface area (TPSA) is 97.0 Å². The van der Waals surface area contributed by atoms with Crippen molar-refractivity contribution in [1.29, 1.82) is 0 Å². The molecule has 1 N–H and O–H groups in total. The zero-order valence-corrected chi connectivity index (χ0v) is 23.9. The molecule has 2 aliphatic heterocycles. The second-order valence-corrected chi connectivity index (χ2v) is 11.2. The zero-order chi connectivity index (χ0) is 29.1. The van der Waals surface area contributed by atoms with Gasteiger partial charge < -0.3 is 28.8 Å². The lowest BCUT2D eigenvalue weighted by Gasteiger charge is -2.42. The number of furan rings is 1. The first-order chi connectivity index (χ1) is 20.5. The van der Waals surface area contributed by atoms with Crippen molar-refractivity contribution in [3.05, 3.63) is 84.4 Å². The summed E-state index contributed by atoms with van der Waals surface area (Å²) in [6, 6.07) is 18.7. The summed E-state index contributed by atoms with van der Waals surface area (Å²) < 4.78 is 14.0. The number of nitrogens with zero attached hydrogens (tertiary/aromatic N) is 3. The smallest absolute Gasteiger partial charge is 0.291 e. The lowest BCUT2D eigenvalue weighted by atomic mass is 9.73. The molecule has 0 atom stereocenters. The number of aromatic nitrogens is 1. The number of fused-ring (bicyclic) bond motifs is 2. The number of piperidine rings is 1. The lowest BCUT2D eigenvalue weighted by molar-refractivity contribution is -0.144. The Morgan fingerprint density at radius 1 is 0.881 bits per heavy atom. The van der Waals surface area contributed by atoms with E-state index in [1.165, 1.54) is 0 Å². The third-order valence-corrected chi connectivity index (χ3v) is 8.62. The summed E-state index contributed by atoms with van der Waals surface area (Å²) in [4.78, 5) is 44.1. The van der Waals surface area contributed by atoms with Crippen molar-refractivity contribution < 1.29 is 23.5 Å². The van der Waals surface area contributed by atoms with Crippen molar-refractivity contribution in [3.63, 3.8) is 0 Å². The minimum Gasteiger partial charge on any atom is -0.491 e. The summed E-state index contributed by atoms with van der Waals surface area (Å²) in [6.07, 6.45) is 7.21.